The van der Waals surface area contributed by atoms with Crippen LogP contribution < -0.4 is 0 Å². The lowest BCUT2D eigenvalue weighted by atomic mass is 9.61. The normalized spacial score (nSPS) is 36.0. The second-order valence-corrected chi connectivity index (χ2v) is 11.5. The van der Waals surface area contributed by atoms with Gasteiger partial charge in [0.25, 0.3) is 0 Å². The molecule has 0 aromatic carbocycles. The van der Waals surface area contributed by atoms with Crippen molar-refractivity contribution in [1.29, 1.82) is 0 Å². The molecule has 0 aliphatic heterocycles. The number of allylic oxidation sites excluding steroid dienone is 4. The molecule has 0 amide bonds. The summed E-state index contributed by atoms with van der Waals surface area (Å²) in [5, 5.41) is 30.6. The first-order valence-corrected chi connectivity index (χ1v) is 12.7. The predicted molar refractivity (Wildman–Crippen MR) is 130 cm³/mol. The number of rotatable bonds is 6. The van der Waals surface area contributed by atoms with Gasteiger partial charge in [0.05, 0.1) is 30.8 Å². The summed E-state index contributed by atoms with van der Waals surface area (Å²) in [4.78, 5) is 12.0. The van der Waals surface area contributed by atoms with E-state index in [9.17, 15) is 20.1 Å². The van der Waals surface area contributed by atoms with Gasteiger partial charge in [0.15, 0.2) is 0 Å². The van der Waals surface area contributed by atoms with Gasteiger partial charge < -0.3 is 20.1 Å². The van der Waals surface area contributed by atoms with Gasteiger partial charge in [-0.15, -0.1) is 0 Å². The maximum atomic E-state index is 12.0. The van der Waals surface area contributed by atoms with Gasteiger partial charge in [-0.2, -0.15) is 0 Å². The SMILES string of the molecule is COC(=O)C(C)(C)[C@@H](O)C=C[C@@H](C)[C@H]1CC[C@H]2C(=CC=C3C[C@@H](O)C[C@H](O)C3)CCC[C@]12C. The van der Waals surface area contributed by atoms with Gasteiger partial charge in [-0.3, -0.25) is 4.79 Å². The molecular formula is C28H44O5. The molecule has 0 saturated heterocycles. The van der Waals surface area contributed by atoms with Crippen LogP contribution in [0.4, 0.5) is 0 Å². The summed E-state index contributed by atoms with van der Waals surface area (Å²) in [5.74, 6) is 0.986. The smallest absolute Gasteiger partial charge is 0.314 e. The molecule has 0 heterocycles. The van der Waals surface area contributed by atoms with Crippen LogP contribution in [0, 0.1) is 28.6 Å². The number of esters is 1. The molecule has 5 heteroatoms. The molecule has 0 unspecified atom stereocenters. The van der Waals surface area contributed by atoms with Crippen LogP contribution in [0.5, 0.6) is 0 Å². The van der Waals surface area contributed by atoms with Crippen molar-refractivity contribution in [2.75, 3.05) is 7.11 Å². The predicted octanol–water partition coefficient (Wildman–Crippen LogP) is 4.71. The number of carbonyl (C=O) groups is 1. The van der Waals surface area contributed by atoms with E-state index >= 15 is 0 Å². The van der Waals surface area contributed by atoms with E-state index < -0.39 is 29.7 Å². The molecule has 7 atom stereocenters. The Morgan fingerprint density at radius 2 is 1.82 bits per heavy atom. The molecule has 0 radical (unpaired) electrons. The highest BCUT2D eigenvalue weighted by molar-refractivity contribution is 5.76. The first-order valence-electron chi connectivity index (χ1n) is 12.7. The minimum atomic E-state index is -0.971. The van der Waals surface area contributed by atoms with Crippen molar-refractivity contribution < 1.29 is 24.9 Å². The van der Waals surface area contributed by atoms with Gasteiger partial charge in [-0.25, -0.2) is 0 Å². The van der Waals surface area contributed by atoms with Gasteiger partial charge in [0.2, 0.25) is 0 Å². The lowest BCUT2D eigenvalue weighted by molar-refractivity contribution is -0.155. The number of hydrogen-bond donors (Lipinski definition) is 3. The summed E-state index contributed by atoms with van der Waals surface area (Å²) < 4.78 is 4.85. The molecule has 0 aromatic rings. The molecule has 5 nitrogen and oxygen atoms in total. The van der Waals surface area contributed by atoms with E-state index in [-0.39, 0.29) is 5.41 Å². The Morgan fingerprint density at radius 3 is 2.45 bits per heavy atom. The fraction of sp³-hybridized carbons (Fsp3) is 0.750. The minimum Gasteiger partial charge on any atom is -0.469 e. The Hall–Kier alpha value is -1.43. The maximum Gasteiger partial charge on any atom is 0.314 e. The second kappa shape index (κ2) is 10.5. The third-order valence-corrected chi connectivity index (χ3v) is 8.79. The minimum absolute atomic E-state index is 0.223. The third-order valence-electron chi connectivity index (χ3n) is 8.79. The van der Waals surface area contributed by atoms with E-state index in [0.29, 0.717) is 37.0 Å². The van der Waals surface area contributed by atoms with Crippen molar-refractivity contribution in [3.05, 3.63) is 35.5 Å². The number of aliphatic hydroxyl groups excluding tert-OH is 3. The summed E-state index contributed by atoms with van der Waals surface area (Å²) >= 11 is 0. The van der Waals surface area contributed by atoms with Crippen molar-refractivity contribution in [2.24, 2.45) is 28.6 Å². The molecule has 0 spiro atoms. The quantitative estimate of drug-likeness (QED) is 0.395. The monoisotopic (exact) mass is 460 g/mol. The van der Waals surface area contributed by atoms with E-state index in [2.05, 4.69) is 32.1 Å². The first kappa shape index (κ1) is 26.2. The zero-order valence-electron chi connectivity index (χ0n) is 21.1. The maximum absolute atomic E-state index is 12.0. The topological polar surface area (TPSA) is 87.0 Å². The average molecular weight is 461 g/mol. The summed E-state index contributed by atoms with van der Waals surface area (Å²) in [6.07, 6.45) is 14.2. The summed E-state index contributed by atoms with van der Waals surface area (Å²) in [7, 11) is 1.35. The van der Waals surface area contributed by atoms with Crippen molar-refractivity contribution in [1.82, 2.24) is 0 Å². The molecule has 0 aromatic heterocycles. The van der Waals surface area contributed by atoms with Crippen LogP contribution in [0.25, 0.3) is 0 Å². The van der Waals surface area contributed by atoms with Gasteiger partial charge >= 0.3 is 5.97 Å². The zero-order valence-corrected chi connectivity index (χ0v) is 21.1. The first-order chi connectivity index (χ1) is 15.5. The molecule has 33 heavy (non-hydrogen) atoms. The Kier molecular flexibility index (Phi) is 8.29. The largest absolute Gasteiger partial charge is 0.469 e. The van der Waals surface area contributed by atoms with Crippen LogP contribution in [-0.4, -0.2) is 46.7 Å². The highest BCUT2D eigenvalue weighted by atomic mass is 16.5. The highest BCUT2D eigenvalue weighted by Crippen LogP contribution is 2.59. The Labute approximate surface area is 199 Å². The number of hydrogen-bond acceptors (Lipinski definition) is 5. The van der Waals surface area contributed by atoms with E-state index in [0.717, 1.165) is 18.4 Å². The summed E-state index contributed by atoms with van der Waals surface area (Å²) in [6, 6.07) is 0. The Bertz CT molecular complexity index is 782. The molecule has 186 valence electrons. The number of carbonyl (C=O) groups excluding carboxylic acids is 1. The van der Waals surface area contributed by atoms with Crippen molar-refractivity contribution in [3.8, 4) is 0 Å². The van der Waals surface area contributed by atoms with E-state index in [1.54, 1.807) is 19.9 Å². The van der Waals surface area contributed by atoms with Gasteiger partial charge in [0.1, 0.15) is 0 Å². The van der Waals surface area contributed by atoms with Crippen LogP contribution in [0.15, 0.2) is 35.5 Å². The van der Waals surface area contributed by atoms with Crippen LogP contribution in [0.1, 0.15) is 79.1 Å². The van der Waals surface area contributed by atoms with Gasteiger partial charge in [-0.1, -0.05) is 49.3 Å². The molecule has 3 N–H and O–H groups in total. The van der Waals surface area contributed by atoms with E-state index in [1.165, 1.54) is 31.9 Å². The molecule has 3 aliphatic carbocycles. The zero-order chi connectivity index (χ0) is 24.4. The van der Waals surface area contributed by atoms with Crippen LogP contribution >= 0.6 is 0 Å². The van der Waals surface area contributed by atoms with Crippen LogP contribution in [0.3, 0.4) is 0 Å². The number of ether oxygens (including phenoxy) is 1. The lowest BCUT2D eigenvalue weighted by Crippen LogP contribution is -2.37. The molecule has 3 fully saturated rings. The van der Waals surface area contributed by atoms with Crippen molar-refractivity contribution in [3.63, 3.8) is 0 Å². The summed E-state index contributed by atoms with van der Waals surface area (Å²) in [6.45, 7) is 8.09. The third kappa shape index (κ3) is 5.63. The Morgan fingerprint density at radius 1 is 1.15 bits per heavy atom. The van der Waals surface area contributed by atoms with Gasteiger partial charge in [-0.05, 0) is 88.4 Å². The van der Waals surface area contributed by atoms with E-state index in [1.807, 2.05) is 0 Å². The standard InChI is InChI=1S/C28H44O5/c1-18(8-13-25(31)27(2,3)26(32)33-5)23-11-12-24-20(7-6-14-28(23,24)4)10-9-19-15-21(29)17-22(30)16-19/h8-10,13,18,21-25,29-31H,6-7,11-12,14-17H2,1-5H3/t18-,21-,22-,23-,24+,25+,28-/m1/s1. The molecular weight excluding hydrogens is 416 g/mol. The van der Waals surface area contributed by atoms with Crippen molar-refractivity contribution >= 4 is 5.97 Å². The van der Waals surface area contributed by atoms with Gasteiger partial charge in [0, 0.05) is 0 Å². The summed E-state index contributed by atoms with van der Waals surface area (Å²) in [5.41, 5.74) is 1.91. The second-order valence-electron chi connectivity index (χ2n) is 11.5. The highest BCUT2D eigenvalue weighted by Gasteiger charge is 2.50. The molecule has 3 rings (SSSR count). The number of methoxy groups -OCH3 is 1. The molecule has 3 aliphatic rings. The van der Waals surface area contributed by atoms with Crippen LogP contribution in [0.2, 0.25) is 0 Å². The van der Waals surface area contributed by atoms with Crippen molar-refractivity contribution in [2.45, 2.75) is 97.4 Å². The number of aliphatic hydroxyl groups is 3. The fourth-order valence-corrected chi connectivity index (χ4v) is 6.71. The van der Waals surface area contributed by atoms with Crippen LogP contribution in [-0.2, 0) is 9.53 Å². The average Bonchev–Trinajstić information content (AvgIpc) is 3.11. The Balaban J connectivity index is 1.72. The lowest BCUT2D eigenvalue weighted by Gasteiger charge is -2.44. The number of fused-ring (bicyclic) bond motifs is 1. The fourth-order valence-electron chi connectivity index (χ4n) is 6.71. The molecule has 3 saturated carbocycles. The van der Waals surface area contributed by atoms with E-state index in [4.69, 9.17) is 4.74 Å². The molecule has 0 bridgehead atoms.